The zero-order chi connectivity index (χ0) is 20.4. The minimum Gasteiger partial charge on any atom is -0.325 e. The van der Waals surface area contributed by atoms with Crippen LogP contribution in [0, 0.1) is 6.92 Å². The molecule has 0 aliphatic carbocycles. The number of hydrogen-bond acceptors (Lipinski definition) is 6. The van der Waals surface area contributed by atoms with Crippen LogP contribution in [-0.2, 0) is 11.8 Å². The summed E-state index contributed by atoms with van der Waals surface area (Å²) in [5.41, 5.74) is 3.07. The smallest absolute Gasteiger partial charge is 0.261 e. The standard InChI is InChI=1S/C21H18N4O2S2/c1-13-22-18(11-28-13)14-6-5-7-15(10-14)23-19(26)12-29-21-24-17-9-4-3-8-16(17)20(27)25(21)2/h3-11H,12H2,1-2H3,(H,23,26). The highest BCUT2D eigenvalue weighted by atomic mass is 32.2. The molecule has 146 valence electrons. The van der Waals surface area contributed by atoms with Crippen molar-refractivity contribution in [2.24, 2.45) is 7.05 Å². The number of carbonyl (C=O) groups excluding carboxylic acids is 1. The van der Waals surface area contributed by atoms with E-state index in [0.717, 1.165) is 16.3 Å². The summed E-state index contributed by atoms with van der Waals surface area (Å²) >= 11 is 2.83. The molecule has 0 saturated heterocycles. The molecule has 2 heterocycles. The van der Waals surface area contributed by atoms with Crippen molar-refractivity contribution in [3.63, 3.8) is 0 Å². The molecule has 2 aromatic carbocycles. The van der Waals surface area contributed by atoms with Gasteiger partial charge in [-0.1, -0.05) is 36.0 Å². The molecule has 8 heteroatoms. The second-order valence-electron chi connectivity index (χ2n) is 6.45. The molecule has 0 unspecified atom stereocenters. The maximum absolute atomic E-state index is 12.5. The van der Waals surface area contributed by atoms with E-state index in [9.17, 15) is 9.59 Å². The quantitative estimate of drug-likeness (QED) is 0.387. The third kappa shape index (κ3) is 4.23. The third-order valence-corrected chi connectivity index (χ3v) is 6.14. The van der Waals surface area contributed by atoms with Gasteiger partial charge in [0.2, 0.25) is 5.91 Å². The van der Waals surface area contributed by atoms with Gasteiger partial charge in [-0.25, -0.2) is 9.97 Å². The third-order valence-electron chi connectivity index (χ3n) is 4.34. The van der Waals surface area contributed by atoms with E-state index in [0.29, 0.717) is 21.7 Å². The van der Waals surface area contributed by atoms with Crippen molar-refractivity contribution >= 4 is 45.6 Å². The van der Waals surface area contributed by atoms with Crippen LogP contribution >= 0.6 is 23.1 Å². The van der Waals surface area contributed by atoms with Gasteiger partial charge in [0.05, 0.1) is 27.4 Å². The highest BCUT2D eigenvalue weighted by molar-refractivity contribution is 7.99. The molecule has 0 radical (unpaired) electrons. The van der Waals surface area contributed by atoms with Crippen molar-refractivity contribution in [1.29, 1.82) is 0 Å². The lowest BCUT2D eigenvalue weighted by Gasteiger charge is -2.09. The van der Waals surface area contributed by atoms with Crippen LogP contribution in [0.2, 0.25) is 0 Å². The van der Waals surface area contributed by atoms with E-state index >= 15 is 0 Å². The lowest BCUT2D eigenvalue weighted by Crippen LogP contribution is -2.21. The van der Waals surface area contributed by atoms with Crippen LogP contribution in [0.15, 0.2) is 63.9 Å². The van der Waals surface area contributed by atoms with Gasteiger partial charge in [0.15, 0.2) is 5.16 Å². The first-order valence-corrected chi connectivity index (χ1v) is 10.8. The number of nitrogens with one attached hydrogen (secondary N) is 1. The van der Waals surface area contributed by atoms with Crippen molar-refractivity contribution < 1.29 is 4.79 Å². The van der Waals surface area contributed by atoms with E-state index in [-0.39, 0.29) is 17.2 Å². The molecule has 0 aliphatic rings. The van der Waals surface area contributed by atoms with E-state index in [1.807, 2.05) is 48.7 Å². The van der Waals surface area contributed by atoms with Crippen molar-refractivity contribution in [3.8, 4) is 11.3 Å². The molecule has 1 amide bonds. The van der Waals surface area contributed by atoms with Crippen LogP contribution in [0.4, 0.5) is 5.69 Å². The first-order valence-electron chi connectivity index (χ1n) is 8.92. The Morgan fingerprint density at radius 1 is 1.17 bits per heavy atom. The average Bonchev–Trinajstić information content (AvgIpc) is 3.16. The first-order chi connectivity index (χ1) is 14.0. The van der Waals surface area contributed by atoms with Gasteiger partial charge in [-0.15, -0.1) is 11.3 Å². The molecule has 29 heavy (non-hydrogen) atoms. The number of thioether (sulfide) groups is 1. The summed E-state index contributed by atoms with van der Waals surface area (Å²) in [5, 5.41) is 6.98. The molecule has 2 aromatic heterocycles. The predicted octanol–water partition coefficient (Wildman–Crippen LogP) is 4.10. The molecule has 0 spiro atoms. The van der Waals surface area contributed by atoms with Gasteiger partial charge >= 0.3 is 0 Å². The number of aryl methyl sites for hydroxylation is 1. The molecule has 0 atom stereocenters. The molecule has 0 fully saturated rings. The minimum absolute atomic E-state index is 0.121. The Hall–Kier alpha value is -2.97. The number of benzene rings is 2. The topological polar surface area (TPSA) is 76.9 Å². The average molecular weight is 423 g/mol. The second kappa shape index (κ2) is 8.18. The van der Waals surface area contributed by atoms with Crippen molar-refractivity contribution in [2.75, 3.05) is 11.1 Å². The van der Waals surface area contributed by atoms with Crippen LogP contribution in [0.1, 0.15) is 5.01 Å². The maximum Gasteiger partial charge on any atom is 0.261 e. The van der Waals surface area contributed by atoms with Gasteiger partial charge in [-0.3, -0.25) is 14.2 Å². The van der Waals surface area contributed by atoms with Crippen LogP contribution in [0.5, 0.6) is 0 Å². The van der Waals surface area contributed by atoms with Crippen LogP contribution < -0.4 is 10.9 Å². The summed E-state index contributed by atoms with van der Waals surface area (Å²) in [6.07, 6.45) is 0. The van der Waals surface area contributed by atoms with E-state index in [1.54, 1.807) is 30.5 Å². The fourth-order valence-electron chi connectivity index (χ4n) is 2.91. The van der Waals surface area contributed by atoms with Crippen molar-refractivity contribution in [3.05, 3.63) is 69.3 Å². The van der Waals surface area contributed by atoms with E-state index < -0.39 is 0 Å². The van der Waals surface area contributed by atoms with Crippen molar-refractivity contribution in [1.82, 2.24) is 14.5 Å². The Kier molecular flexibility index (Phi) is 5.46. The highest BCUT2D eigenvalue weighted by Crippen LogP contribution is 2.24. The number of nitrogens with zero attached hydrogens (tertiary/aromatic N) is 3. The van der Waals surface area contributed by atoms with E-state index in [2.05, 4.69) is 15.3 Å². The number of para-hydroxylation sites is 1. The predicted molar refractivity (Wildman–Crippen MR) is 119 cm³/mol. The number of carbonyl (C=O) groups is 1. The van der Waals surface area contributed by atoms with Gasteiger partial charge in [-0.05, 0) is 31.2 Å². The fourth-order valence-corrected chi connectivity index (χ4v) is 4.30. The largest absolute Gasteiger partial charge is 0.325 e. The number of thiazole rings is 1. The van der Waals surface area contributed by atoms with Gasteiger partial charge in [0.25, 0.3) is 5.56 Å². The number of rotatable bonds is 5. The Morgan fingerprint density at radius 2 is 2.00 bits per heavy atom. The van der Waals surface area contributed by atoms with Crippen LogP contribution in [-0.4, -0.2) is 26.2 Å². The number of hydrogen-bond donors (Lipinski definition) is 1. The Balaban J connectivity index is 1.47. The fraction of sp³-hybridized carbons (Fsp3) is 0.143. The number of fused-ring (bicyclic) bond motifs is 1. The SMILES string of the molecule is Cc1nc(-c2cccc(NC(=O)CSc3nc4ccccc4c(=O)n3C)c2)cs1. The molecule has 0 saturated carbocycles. The molecule has 4 aromatic rings. The molecule has 0 aliphatic heterocycles. The summed E-state index contributed by atoms with van der Waals surface area (Å²) < 4.78 is 1.48. The molecule has 0 bridgehead atoms. The van der Waals surface area contributed by atoms with E-state index in [4.69, 9.17) is 0 Å². The number of anilines is 1. The summed E-state index contributed by atoms with van der Waals surface area (Å²) in [5.74, 6) is -0.0115. The monoisotopic (exact) mass is 422 g/mol. The van der Waals surface area contributed by atoms with Crippen LogP contribution in [0.25, 0.3) is 22.2 Å². The summed E-state index contributed by atoms with van der Waals surface area (Å²) in [4.78, 5) is 33.9. The Labute approximate surface area is 175 Å². The van der Waals surface area contributed by atoms with Crippen LogP contribution in [0.3, 0.4) is 0 Å². The first kappa shape index (κ1) is 19.4. The van der Waals surface area contributed by atoms with Gasteiger partial charge < -0.3 is 5.32 Å². The molecular formula is C21H18N4O2S2. The number of amides is 1. The zero-order valence-electron chi connectivity index (χ0n) is 15.9. The van der Waals surface area contributed by atoms with E-state index in [1.165, 1.54) is 16.3 Å². The van der Waals surface area contributed by atoms with Crippen molar-refractivity contribution in [2.45, 2.75) is 12.1 Å². The minimum atomic E-state index is -0.163. The molecule has 1 N–H and O–H groups in total. The van der Waals surface area contributed by atoms with Gasteiger partial charge in [0, 0.05) is 23.7 Å². The lowest BCUT2D eigenvalue weighted by molar-refractivity contribution is -0.113. The maximum atomic E-state index is 12.5. The molecular weight excluding hydrogens is 404 g/mol. The zero-order valence-corrected chi connectivity index (χ0v) is 17.5. The molecule has 6 nitrogen and oxygen atoms in total. The van der Waals surface area contributed by atoms with Gasteiger partial charge in [0.1, 0.15) is 0 Å². The second-order valence-corrected chi connectivity index (χ2v) is 8.45. The normalized spacial score (nSPS) is 11.0. The molecule has 4 rings (SSSR count). The summed E-state index contributed by atoms with van der Waals surface area (Å²) in [6, 6.07) is 14.8. The Morgan fingerprint density at radius 3 is 2.79 bits per heavy atom. The number of aromatic nitrogens is 3. The van der Waals surface area contributed by atoms with Gasteiger partial charge in [-0.2, -0.15) is 0 Å². The summed E-state index contributed by atoms with van der Waals surface area (Å²) in [6.45, 7) is 1.96. The summed E-state index contributed by atoms with van der Waals surface area (Å²) in [7, 11) is 1.67. The Bertz CT molecular complexity index is 1260. The highest BCUT2D eigenvalue weighted by Gasteiger charge is 2.11. The lowest BCUT2D eigenvalue weighted by atomic mass is 10.1.